The number of nitrogens with zero attached hydrogens (tertiary/aromatic N) is 1. The molecule has 0 spiro atoms. The molecule has 1 aliphatic carbocycles. The Balaban J connectivity index is 1.41. The number of hydrogen-bond donors (Lipinski definition) is 2. The number of fused-ring (bicyclic) bond motifs is 3. The molecule has 0 saturated carbocycles. The first-order chi connectivity index (χ1) is 21.0. The molecule has 0 radical (unpaired) electrons. The standard InChI is InChI=1S/C35H33ClN2O6/c1-35(2,3)44-34(42)37-21-22-7-6-9-27(17-22)43-31-20-26(36)12-14-30(31)38(16-15-32(39)40)33(41)24-11-13-29-25(19-24)18-23-8-4-5-10-28(23)29/h4-14,17,19-20H,15-16,18,21H2,1-3H3,(H,37,42)(H,39,40). The number of carboxylic acid groups (broad SMARTS) is 1. The number of hydrogen-bond acceptors (Lipinski definition) is 5. The second kappa shape index (κ2) is 12.8. The lowest BCUT2D eigenvalue weighted by molar-refractivity contribution is -0.136. The van der Waals surface area contributed by atoms with Crippen molar-refractivity contribution in [3.8, 4) is 22.6 Å². The summed E-state index contributed by atoms with van der Waals surface area (Å²) in [5, 5.41) is 12.6. The van der Waals surface area contributed by atoms with E-state index in [0.29, 0.717) is 22.0 Å². The van der Waals surface area contributed by atoms with Crippen LogP contribution < -0.4 is 15.0 Å². The van der Waals surface area contributed by atoms with Gasteiger partial charge in [0.2, 0.25) is 0 Å². The molecule has 0 saturated heterocycles. The van der Waals surface area contributed by atoms with Crippen LogP contribution in [0.2, 0.25) is 5.02 Å². The number of aliphatic carboxylic acids is 1. The number of rotatable bonds is 9. The first-order valence-electron chi connectivity index (χ1n) is 14.2. The molecule has 4 aromatic carbocycles. The minimum absolute atomic E-state index is 0.0800. The van der Waals surface area contributed by atoms with Crippen molar-refractivity contribution >= 4 is 35.3 Å². The van der Waals surface area contributed by atoms with Gasteiger partial charge in [0.05, 0.1) is 12.1 Å². The Labute approximate surface area is 261 Å². The fraction of sp³-hybridized carbons (Fsp3) is 0.229. The van der Waals surface area contributed by atoms with Gasteiger partial charge >= 0.3 is 12.1 Å². The van der Waals surface area contributed by atoms with Gasteiger partial charge < -0.3 is 24.8 Å². The SMILES string of the molecule is CC(C)(C)OC(=O)NCc1cccc(Oc2cc(Cl)ccc2N(CCC(=O)O)C(=O)c2ccc3c(c2)Cc2ccccc2-3)c1. The average molecular weight is 613 g/mol. The maximum atomic E-state index is 14.0. The van der Waals surface area contributed by atoms with Gasteiger partial charge in [0.25, 0.3) is 5.91 Å². The van der Waals surface area contributed by atoms with Crippen molar-refractivity contribution in [2.45, 2.75) is 45.8 Å². The average Bonchev–Trinajstić information content (AvgIpc) is 3.34. The molecule has 0 fully saturated rings. The predicted octanol–water partition coefficient (Wildman–Crippen LogP) is 7.85. The highest BCUT2D eigenvalue weighted by molar-refractivity contribution is 6.31. The molecule has 2 amide bonds. The fourth-order valence-electron chi connectivity index (χ4n) is 5.10. The Morgan fingerprint density at radius 3 is 2.45 bits per heavy atom. The third-order valence-electron chi connectivity index (χ3n) is 7.01. The molecule has 8 nitrogen and oxygen atoms in total. The summed E-state index contributed by atoms with van der Waals surface area (Å²) in [6.45, 7) is 5.50. The monoisotopic (exact) mass is 612 g/mol. The Morgan fingerprint density at radius 2 is 1.68 bits per heavy atom. The Kier molecular flexibility index (Phi) is 8.92. The smallest absolute Gasteiger partial charge is 0.407 e. The molecule has 0 heterocycles. The van der Waals surface area contributed by atoms with E-state index in [4.69, 9.17) is 21.1 Å². The molecule has 1 aliphatic rings. The number of alkyl carbamates (subject to hydrolysis) is 1. The maximum absolute atomic E-state index is 14.0. The lowest BCUT2D eigenvalue weighted by atomic mass is 10.0. The summed E-state index contributed by atoms with van der Waals surface area (Å²) in [4.78, 5) is 39.1. The predicted molar refractivity (Wildman–Crippen MR) is 170 cm³/mol. The number of carboxylic acids is 1. The minimum Gasteiger partial charge on any atom is -0.481 e. The zero-order valence-electron chi connectivity index (χ0n) is 24.7. The molecule has 9 heteroatoms. The van der Waals surface area contributed by atoms with E-state index >= 15 is 0 Å². The van der Waals surface area contributed by atoms with Crippen molar-refractivity contribution in [3.05, 3.63) is 112 Å². The van der Waals surface area contributed by atoms with Crippen LogP contribution in [0.4, 0.5) is 10.5 Å². The highest BCUT2D eigenvalue weighted by Crippen LogP contribution is 2.39. The van der Waals surface area contributed by atoms with Gasteiger partial charge in [-0.25, -0.2) is 4.79 Å². The van der Waals surface area contributed by atoms with Gasteiger partial charge in [-0.05, 0) is 91.4 Å². The van der Waals surface area contributed by atoms with Crippen molar-refractivity contribution in [3.63, 3.8) is 0 Å². The van der Waals surface area contributed by atoms with Crippen LogP contribution in [-0.4, -0.2) is 35.2 Å². The normalized spacial score (nSPS) is 11.7. The molecular weight excluding hydrogens is 580 g/mol. The Hall–Kier alpha value is -4.82. The summed E-state index contributed by atoms with van der Waals surface area (Å²) in [5.74, 6) is -0.665. The van der Waals surface area contributed by atoms with E-state index in [0.717, 1.165) is 28.7 Å². The highest BCUT2D eigenvalue weighted by Gasteiger charge is 2.25. The van der Waals surface area contributed by atoms with Crippen molar-refractivity contribution < 1.29 is 29.0 Å². The molecule has 0 aromatic heterocycles. The van der Waals surface area contributed by atoms with Crippen molar-refractivity contribution in [2.75, 3.05) is 11.4 Å². The van der Waals surface area contributed by atoms with E-state index in [1.54, 1.807) is 63.2 Å². The molecule has 2 N–H and O–H groups in total. The molecule has 0 atom stereocenters. The summed E-state index contributed by atoms with van der Waals surface area (Å²) >= 11 is 6.35. The quantitative estimate of drug-likeness (QED) is 0.176. The molecule has 44 heavy (non-hydrogen) atoms. The number of carbonyl (C=O) groups is 3. The topological polar surface area (TPSA) is 105 Å². The molecule has 5 rings (SSSR count). The first-order valence-corrected chi connectivity index (χ1v) is 14.6. The number of nitrogens with one attached hydrogen (secondary N) is 1. The molecule has 226 valence electrons. The van der Waals surface area contributed by atoms with Crippen LogP contribution in [0.15, 0.2) is 84.9 Å². The van der Waals surface area contributed by atoms with Crippen LogP contribution in [0.25, 0.3) is 11.1 Å². The van der Waals surface area contributed by atoms with E-state index < -0.39 is 17.7 Å². The summed E-state index contributed by atoms with van der Waals surface area (Å²) in [7, 11) is 0. The first kappa shape index (κ1) is 30.6. The van der Waals surface area contributed by atoms with Crippen molar-refractivity contribution in [1.29, 1.82) is 0 Å². The van der Waals surface area contributed by atoms with Crippen LogP contribution >= 0.6 is 11.6 Å². The lowest BCUT2D eigenvalue weighted by Crippen LogP contribution is -2.33. The van der Waals surface area contributed by atoms with Gasteiger partial charge in [0.15, 0.2) is 5.75 Å². The van der Waals surface area contributed by atoms with Crippen LogP contribution in [0.1, 0.15) is 54.2 Å². The zero-order chi connectivity index (χ0) is 31.4. The number of ether oxygens (including phenoxy) is 2. The Bertz CT molecular complexity index is 1730. The van der Waals surface area contributed by atoms with E-state index in [-0.39, 0.29) is 31.2 Å². The molecule has 0 unspecified atom stereocenters. The Morgan fingerprint density at radius 1 is 0.909 bits per heavy atom. The highest BCUT2D eigenvalue weighted by atomic mass is 35.5. The third-order valence-corrected chi connectivity index (χ3v) is 7.24. The van der Waals surface area contributed by atoms with Crippen LogP contribution in [-0.2, 0) is 22.5 Å². The molecule has 0 aliphatic heterocycles. The molecule has 4 aromatic rings. The van der Waals surface area contributed by atoms with E-state index in [1.807, 2.05) is 30.3 Å². The van der Waals surface area contributed by atoms with Gasteiger partial charge in [-0.2, -0.15) is 0 Å². The summed E-state index contributed by atoms with van der Waals surface area (Å²) < 4.78 is 11.5. The second-order valence-electron chi connectivity index (χ2n) is 11.5. The minimum atomic E-state index is -1.03. The lowest BCUT2D eigenvalue weighted by Gasteiger charge is -2.25. The number of benzene rings is 4. The van der Waals surface area contributed by atoms with Gasteiger partial charge in [-0.3, -0.25) is 9.59 Å². The largest absolute Gasteiger partial charge is 0.481 e. The van der Waals surface area contributed by atoms with Gasteiger partial charge in [0, 0.05) is 29.7 Å². The van der Waals surface area contributed by atoms with Crippen LogP contribution in [0.5, 0.6) is 11.5 Å². The fourth-order valence-corrected chi connectivity index (χ4v) is 5.26. The third kappa shape index (κ3) is 7.38. The van der Waals surface area contributed by atoms with Crippen LogP contribution in [0.3, 0.4) is 0 Å². The summed E-state index contributed by atoms with van der Waals surface area (Å²) in [5.41, 5.74) is 5.44. The number of carbonyl (C=O) groups excluding carboxylic acids is 2. The van der Waals surface area contributed by atoms with Gasteiger partial charge in [0.1, 0.15) is 11.4 Å². The molecule has 0 bridgehead atoms. The number of anilines is 1. The zero-order valence-corrected chi connectivity index (χ0v) is 25.5. The van der Waals surface area contributed by atoms with E-state index in [1.165, 1.54) is 10.5 Å². The van der Waals surface area contributed by atoms with Crippen molar-refractivity contribution in [1.82, 2.24) is 5.32 Å². The molecular formula is C35H33ClN2O6. The maximum Gasteiger partial charge on any atom is 0.407 e. The summed E-state index contributed by atoms with van der Waals surface area (Å²) in [6, 6.07) is 25.7. The van der Waals surface area contributed by atoms with Gasteiger partial charge in [-0.15, -0.1) is 0 Å². The summed E-state index contributed by atoms with van der Waals surface area (Å²) in [6.07, 6.45) is -0.0874. The second-order valence-corrected chi connectivity index (χ2v) is 12.0. The van der Waals surface area contributed by atoms with Gasteiger partial charge in [-0.1, -0.05) is 54.1 Å². The van der Waals surface area contributed by atoms with Crippen molar-refractivity contribution in [2.24, 2.45) is 0 Å². The van der Waals surface area contributed by atoms with E-state index in [2.05, 4.69) is 17.4 Å². The van der Waals surface area contributed by atoms with E-state index in [9.17, 15) is 19.5 Å². The number of amides is 2. The number of halogens is 1. The van der Waals surface area contributed by atoms with Crippen LogP contribution in [0, 0.1) is 0 Å².